The summed E-state index contributed by atoms with van der Waals surface area (Å²) in [6.07, 6.45) is 1.24. The zero-order valence-electron chi connectivity index (χ0n) is 16.6. The lowest BCUT2D eigenvalue weighted by Crippen LogP contribution is -2.37. The molecule has 7 nitrogen and oxygen atoms in total. The fourth-order valence-electron chi connectivity index (χ4n) is 3.68. The number of aromatic nitrogens is 3. The molecule has 150 valence electrons. The number of hydrogen-bond donors (Lipinski definition) is 2. The Bertz CT molecular complexity index is 1010. The number of rotatable bonds is 5. The lowest BCUT2D eigenvalue weighted by Gasteiger charge is -2.30. The van der Waals surface area contributed by atoms with Crippen molar-refractivity contribution >= 4 is 37.6 Å². The van der Waals surface area contributed by atoms with Gasteiger partial charge in [0.05, 0.1) is 40.3 Å². The van der Waals surface area contributed by atoms with Crippen molar-refractivity contribution in [2.45, 2.75) is 58.5 Å². The summed E-state index contributed by atoms with van der Waals surface area (Å²) in [5.41, 5.74) is 2.83. The van der Waals surface area contributed by atoms with Crippen LogP contribution in [0.5, 0.6) is 0 Å². The summed E-state index contributed by atoms with van der Waals surface area (Å²) in [4.78, 5) is 16.8. The Kier molecular flexibility index (Phi) is 4.99. The molecule has 0 amide bonds. The van der Waals surface area contributed by atoms with Gasteiger partial charge < -0.3 is 19.8 Å². The van der Waals surface area contributed by atoms with E-state index < -0.39 is 12.2 Å². The number of pyridine rings is 1. The standard InChI is InChI=1S/C20H26N4O3S/c1-11(25)7-24(8-12(2)26)18-17-16(21-10-22-18)14-5-13-9-27-20(3,4)6-15(13)23-19(14)28-17/h5,10-12,25-26H,6-9H2,1-4H3/t11-,12-/m0/s1. The van der Waals surface area contributed by atoms with Crippen molar-refractivity contribution in [3.05, 3.63) is 23.7 Å². The molecule has 3 aromatic rings. The Morgan fingerprint density at radius 1 is 1.21 bits per heavy atom. The van der Waals surface area contributed by atoms with Gasteiger partial charge in [0.15, 0.2) is 0 Å². The third-order valence-electron chi connectivity index (χ3n) is 4.88. The van der Waals surface area contributed by atoms with E-state index in [2.05, 4.69) is 29.9 Å². The van der Waals surface area contributed by atoms with Crippen molar-refractivity contribution in [2.24, 2.45) is 0 Å². The van der Waals surface area contributed by atoms with E-state index in [1.54, 1.807) is 31.5 Å². The molecular formula is C20H26N4O3S. The van der Waals surface area contributed by atoms with Gasteiger partial charge in [0.2, 0.25) is 0 Å². The van der Waals surface area contributed by atoms with Crippen LogP contribution in [0.1, 0.15) is 39.0 Å². The van der Waals surface area contributed by atoms with E-state index >= 15 is 0 Å². The van der Waals surface area contributed by atoms with Crippen LogP contribution < -0.4 is 4.90 Å². The second kappa shape index (κ2) is 7.18. The molecular weight excluding hydrogens is 376 g/mol. The van der Waals surface area contributed by atoms with Crippen LogP contribution >= 0.6 is 11.3 Å². The molecule has 0 radical (unpaired) electrons. The first kappa shape index (κ1) is 19.4. The molecule has 0 fully saturated rings. The number of aliphatic hydroxyl groups is 2. The SMILES string of the molecule is C[C@H](O)CN(C[C@H](C)O)c1ncnc2c1sc1nc3c(cc12)COC(C)(C)C3. The quantitative estimate of drug-likeness (QED) is 0.678. The maximum Gasteiger partial charge on any atom is 0.150 e. The van der Waals surface area contributed by atoms with Gasteiger partial charge in [-0.25, -0.2) is 15.0 Å². The Morgan fingerprint density at radius 3 is 2.61 bits per heavy atom. The van der Waals surface area contributed by atoms with Gasteiger partial charge in [0.1, 0.15) is 17.0 Å². The molecule has 0 spiro atoms. The van der Waals surface area contributed by atoms with Crippen LogP contribution in [0.2, 0.25) is 0 Å². The van der Waals surface area contributed by atoms with Crippen molar-refractivity contribution in [3.63, 3.8) is 0 Å². The zero-order valence-corrected chi connectivity index (χ0v) is 17.5. The summed E-state index contributed by atoms with van der Waals surface area (Å²) in [6, 6.07) is 2.14. The normalized spacial score (nSPS) is 18.2. The van der Waals surface area contributed by atoms with E-state index in [0.29, 0.717) is 19.7 Å². The van der Waals surface area contributed by atoms with E-state index in [9.17, 15) is 10.2 Å². The molecule has 0 saturated carbocycles. The van der Waals surface area contributed by atoms with Gasteiger partial charge in [-0.15, -0.1) is 11.3 Å². The van der Waals surface area contributed by atoms with Crippen LogP contribution in [0.4, 0.5) is 5.82 Å². The Labute approximate surface area is 168 Å². The Balaban J connectivity index is 1.85. The molecule has 4 heterocycles. The summed E-state index contributed by atoms with van der Waals surface area (Å²) >= 11 is 1.56. The highest BCUT2D eigenvalue weighted by Crippen LogP contribution is 2.39. The zero-order chi connectivity index (χ0) is 20.1. The smallest absolute Gasteiger partial charge is 0.150 e. The maximum atomic E-state index is 9.91. The topological polar surface area (TPSA) is 91.6 Å². The highest BCUT2D eigenvalue weighted by atomic mass is 32.1. The minimum atomic E-state index is -0.539. The lowest BCUT2D eigenvalue weighted by atomic mass is 9.95. The molecule has 2 atom stereocenters. The van der Waals surface area contributed by atoms with Crippen LogP contribution in [0.15, 0.2) is 12.4 Å². The number of hydrogen-bond acceptors (Lipinski definition) is 8. The van der Waals surface area contributed by atoms with Gasteiger partial charge >= 0.3 is 0 Å². The van der Waals surface area contributed by atoms with Gasteiger partial charge in [-0.3, -0.25) is 0 Å². The van der Waals surface area contributed by atoms with Gasteiger partial charge in [0, 0.05) is 30.5 Å². The lowest BCUT2D eigenvalue weighted by molar-refractivity contribution is -0.0411. The van der Waals surface area contributed by atoms with E-state index in [4.69, 9.17) is 9.72 Å². The number of fused-ring (bicyclic) bond motifs is 4. The number of anilines is 1. The Morgan fingerprint density at radius 2 is 1.93 bits per heavy atom. The van der Waals surface area contributed by atoms with Gasteiger partial charge in [-0.05, 0) is 33.8 Å². The molecule has 1 aliphatic rings. The molecule has 28 heavy (non-hydrogen) atoms. The number of nitrogens with zero attached hydrogens (tertiary/aromatic N) is 4. The molecule has 8 heteroatoms. The first-order valence-electron chi connectivity index (χ1n) is 9.54. The van der Waals surface area contributed by atoms with Crippen LogP contribution in [0, 0.1) is 0 Å². The monoisotopic (exact) mass is 402 g/mol. The van der Waals surface area contributed by atoms with Crippen molar-refractivity contribution in [1.82, 2.24) is 15.0 Å². The number of ether oxygens (including phenoxy) is 1. The molecule has 0 aromatic carbocycles. The fraction of sp³-hybridized carbons (Fsp3) is 0.550. The molecule has 3 aromatic heterocycles. The fourth-order valence-corrected chi connectivity index (χ4v) is 4.83. The first-order valence-corrected chi connectivity index (χ1v) is 10.4. The average Bonchev–Trinajstić information content (AvgIpc) is 2.95. The second-order valence-electron chi connectivity index (χ2n) is 8.25. The maximum absolute atomic E-state index is 9.91. The second-order valence-corrected chi connectivity index (χ2v) is 9.25. The number of aliphatic hydroxyl groups excluding tert-OH is 2. The molecule has 2 N–H and O–H groups in total. The molecule has 0 saturated heterocycles. The van der Waals surface area contributed by atoms with Gasteiger partial charge in [0.25, 0.3) is 0 Å². The third kappa shape index (κ3) is 3.69. The van der Waals surface area contributed by atoms with Crippen LogP contribution in [0.25, 0.3) is 20.4 Å². The van der Waals surface area contributed by atoms with Crippen LogP contribution in [-0.4, -0.2) is 56.1 Å². The average molecular weight is 403 g/mol. The van der Waals surface area contributed by atoms with E-state index in [0.717, 1.165) is 43.9 Å². The number of thiophene rings is 1. The van der Waals surface area contributed by atoms with Gasteiger partial charge in [-0.1, -0.05) is 0 Å². The van der Waals surface area contributed by atoms with E-state index in [-0.39, 0.29) is 5.60 Å². The van der Waals surface area contributed by atoms with Crippen molar-refractivity contribution in [2.75, 3.05) is 18.0 Å². The third-order valence-corrected chi connectivity index (χ3v) is 5.96. The minimum Gasteiger partial charge on any atom is -0.392 e. The Hall–Kier alpha value is -1.87. The molecule has 0 bridgehead atoms. The molecule has 4 rings (SSSR count). The highest BCUT2D eigenvalue weighted by molar-refractivity contribution is 7.25. The van der Waals surface area contributed by atoms with Crippen molar-refractivity contribution < 1.29 is 14.9 Å². The summed E-state index contributed by atoms with van der Waals surface area (Å²) in [5.74, 6) is 0.726. The summed E-state index contributed by atoms with van der Waals surface area (Å²) in [6.45, 7) is 8.96. The van der Waals surface area contributed by atoms with E-state index in [1.165, 1.54) is 0 Å². The summed E-state index contributed by atoms with van der Waals surface area (Å²) < 4.78 is 6.87. The van der Waals surface area contributed by atoms with Crippen molar-refractivity contribution in [1.29, 1.82) is 0 Å². The molecule has 1 aliphatic heterocycles. The first-order chi connectivity index (χ1) is 13.2. The van der Waals surface area contributed by atoms with Crippen LogP contribution in [0.3, 0.4) is 0 Å². The summed E-state index contributed by atoms with van der Waals surface area (Å²) in [7, 11) is 0. The largest absolute Gasteiger partial charge is 0.392 e. The molecule has 0 aliphatic carbocycles. The summed E-state index contributed by atoms with van der Waals surface area (Å²) in [5, 5.41) is 20.8. The van der Waals surface area contributed by atoms with E-state index in [1.807, 2.05) is 4.90 Å². The molecule has 0 unspecified atom stereocenters. The van der Waals surface area contributed by atoms with Crippen molar-refractivity contribution in [3.8, 4) is 0 Å². The minimum absolute atomic E-state index is 0.208. The van der Waals surface area contributed by atoms with Crippen LogP contribution in [-0.2, 0) is 17.8 Å². The predicted octanol–water partition coefficient (Wildman–Crippen LogP) is 2.66. The predicted molar refractivity (Wildman–Crippen MR) is 111 cm³/mol. The van der Waals surface area contributed by atoms with Gasteiger partial charge in [-0.2, -0.15) is 0 Å². The highest BCUT2D eigenvalue weighted by Gasteiger charge is 2.28.